The third-order valence-electron chi connectivity index (χ3n) is 6.02. The first-order valence-electron chi connectivity index (χ1n) is 12.7. The summed E-state index contributed by atoms with van der Waals surface area (Å²) in [5.41, 5.74) is 0.902. The molecular formula is C26H33N7O4S. The first kappa shape index (κ1) is 27.3. The van der Waals surface area contributed by atoms with E-state index < -0.39 is 12.1 Å². The molecule has 3 heterocycles. The van der Waals surface area contributed by atoms with Crippen molar-refractivity contribution in [2.45, 2.75) is 26.3 Å². The number of aromatic nitrogens is 2. The molecule has 3 aromatic rings. The van der Waals surface area contributed by atoms with Crippen LogP contribution in [-0.2, 0) is 0 Å². The summed E-state index contributed by atoms with van der Waals surface area (Å²) in [6.45, 7) is 9.26. The van der Waals surface area contributed by atoms with Gasteiger partial charge in [-0.3, -0.25) is 15.6 Å². The molecule has 1 saturated heterocycles. The summed E-state index contributed by atoms with van der Waals surface area (Å²) < 4.78 is 11.5. The van der Waals surface area contributed by atoms with Crippen molar-refractivity contribution in [2.24, 2.45) is 0 Å². The van der Waals surface area contributed by atoms with Crippen molar-refractivity contribution in [3.8, 4) is 21.9 Å². The second-order valence-corrected chi connectivity index (χ2v) is 9.65. The molecule has 11 nitrogen and oxygen atoms in total. The smallest absolute Gasteiger partial charge is 0.412 e. The van der Waals surface area contributed by atoms with Crippen LogP contribution in [0.25, 0.3) is 10.4 Å². The number of thiophene rings is 1. The highest BCUT2D eigenvalue weighted by Crippen LogP contribution is 2.41. The Morgan fingerprint density at radius 3 is 2.66 bits per heavy atom. The normalized spacial score (nSPS) is 14.8. The van der Waals surface area contributed by atoms with Gasteiger partial charge in [0.2, 0.25) is 0 Å². The lowest BCUT2D eigenvalue weighted by Gasteiger charge is -2.18. The van der Waals surface area contributed by atoms with E-state index >= 15 is 0 Å². The Morgan fingerprint density at radius 1 is 1.16 bits per heavy atom. The van der Waals surface area contributed by atoms with Crippen molar-refractivity contribution in [1.82, 2.24) is 25.5 Å². The van der Waals surface area contributed by atoms with Crippen LogP contribution in [0.2, 0.25) is 0 Å². The second-order valence-electron chi connectivity index (χ2n) is 8.60. The number of amides is 3. The first-order chi connectivity index (χ1) is 18.5. The third-order valence-corrected chi connectivity index (χ3v) is 7.11. The van der Waals surface area contributed by atoms with Crippen molar-refractivity contribution in [3.05, 3.63) is 48.9 Å². The summed E-state index contributed by atoms with van der Waals surface area (Å²) in [5.74, 6) is 1.33. The molecule has 1 aliphatic heterocycles. The van der Waals surface area contributed by atoms with Crippen LogP contribution in [-0.4, -0.2) is 72.4 Å². The number of rotatable bonds is 11. The number of nitrogens with zero attached hydrogens (tertiary/aromatic N) is 3. The number of hydrogen-bond acceptors (Lipinski definition) is 9. The van der Waals surface area contributed by atoms with Crippen LogP contribution in [0.1, 0.15) is 20.3 Å². The molecule has 1 aromatic carbocycles. The van der Waals surface area contributed by atoms with Crippen LogP contribution in [0.3, 0.4) is 0 Å². The largest absolute Gasteiger partial charge is 0.492 e. The fraction of sp³-hybridized carbons (Fsp3) is 0.385. The lowest BCUT2D eigenvalue weighted by molar-refractivity contribution is 0.197. The number of hydrogen-bond donors (Lipinski definition) is 4. The maximum Gasteiger partial charge on any atom is 0.412 e. The Kier molecular flexibility index (Phi) is 9.84. The quantitative estimate of drug-likeness (QED) is 0.288. The van der Waals surface area contributed by atoms with Gasteiger partial charge >= 0.3 is 12.1 Å². The monoisotopic (exact) mass is 539 g/mol. The Balaban J connectivity index is 1.45. The molecule has 1 atom stereocenters. The average molecular weight is 540 g/mol. The van der Waals surface area contributed by atoms with Crippen molar-refractivity contribution in [3.63, 3.8) is 0 Å². The zero-order valence-corrected chi connectivity index (χ0v) is 22.3. The average Bonchev–Trinajstić information content (AvgIpc) is 3.57. The number of urea groups is 1. The van der Waals surface area contributed by atoms with Gasteiger partial charge in [0.25, 0.3) is 0 Å². The predicted molar refractivity (Wildman–Crippen MR) is 148 cm³/mol. The lowest BCUT2D eigenvalue weighted by Crippen LogP contribution is -2.38. The number of carbonyl (C=O) groups excluding carboxylic acids is 2. The number of benzene rings is 1. The van der Waals surface area contributed by atoms with Crippen LogP contribution in [0.15, 0.2) is 48.9 Å². The van der Waals surface area contributed by atoms with Gasteiger partial charge in [-0.25, -0.2) is 14.6 Å². The second kappa shape index (κ2) is 13.7. The molecule has 12 heteroatoms. The van der Waals surface area contributed by atoms with E-state index in [0.717, 1.165) is 48.8 Å². The topological polar surface area (TPSA) is 130 Å². The third kappa shape index (κ3) is 7.88. The molecule has 4 rings (SSSR count). The van der Waals surface area contributed by atoms with E-state index in [1.807, 2.05) is 24.3 Å². The number of likely N-dealkylation sites (N-methyl/N-ethyl adjacent to an activating group) is 1. The number of carbonyl (C=O) groups is 2. The van der Waals surface area contributed by atoms with Crippen LogP contribution in [0.4, 0.5) is 20.4 Å². The van der Waals surface area contributed by atoms with Crippen molar-refractivity contribution in [2.75, 3.05) is 50.0 Å². The van der Waals surface area contributed by atoms with E-state index in [1.54, 1.807) is 6.07 Å². The molecule has 0 radical (unpaired) electrons. The van der Waals surface area contributed by atoms with Gasteiger partial charge in [0.1, 0.15) is 17.4 Å². The van der Waals surface area contributed by atoms with Gasteiger partial charge in [-0.2, -0.15) is 0 Å². The maximum atomic E-state index is 12.6. The van der Waals surface area contributed by atoms with Gasteiger partial charge in [0, 0.05) is 42.5 Å². The molecule has 1 fully saturated rings. The fourth-order valence-electron chi connectivity index (χ4n) is 3.92. The lowest BCUT2D eigenvalue weighted by atomic mass is 10.2. The highest BCUT2D eigenvalue weighted by Gasteiger charge is 2.21. The Bertz CT molecular complexity index is 1180. The highest BCUT2D eigenvalue weighted by molar-refractivity contribution is 7.20. The van der Waals surface area contributed by atoms with E-state index in [1.165, 1.54) is 29.9 Å². The molecule has 0 bridgehead atoms. The van der Waals surface area contributed by atoms with E-state index in [9.17, 15) is 9.59 Å². The summed E-state index contributed by atoms with van der Waals surface area (Å²) in [4.78, 5) is 36.3. The standard InChI is InChI=1S/C26H33N7O4S/c1-3-33(4-2)13-14-36-20-7-5-18(6-8-20)22-15-21(37-26(35)30-19-9-10-27-16-19)24(38-22)32-25(34)31-23-17-28-11-12-29-23/h5-8,11-12,15,17,19,27H,3-4,9-10,13-14,16H2,1-2H3,(H,30,35)(H2,29,31,32,34)/t19-/m0/s1. The number of ether oxygens (including phenoxy) is 2. The zero-order chi connectivity index (χ0) is 26.7. The summed E-state index contributed by atoms with van der Waals surface area (Å²) in [5, 5.41) is 11.8. The minimum Gasteiger partial charge on any atom is -0.492 e. The van der Waals surface area contributed by atoms with Gasteiger partial charge in [-0.15, -0.1) is 11.3 Å². The molecule has 0 saturated carbocycles. The Labute approximate surface area is 226 Å². The number of anilines is 2. The van der Waals surface area contributed by atoms with E-state index in [0.29, 0.717) is 24.0 Å². The minimum absolute atomic E-state index is 0.00578. The SMILES string of the molecule is CCN(CC)CCOc1ccc(-c2cc(OC(=O)N[C@H]3CCNC3)c(NC(=O)Nc3cnccn3)s2)cc1. The predicted octanol–water partition coefficient (Wildman–Crippen LogP) is 4.02. The van der Waals surface area contributed by atoms with Crippen molar-refractivity contribution >= 4 is 34.3 Å². The van der Waals surface area contributed by atoms with Gasteiger partial charge in [-0.1, -0.05) is 13.8 Å². The minimum atomic E-state index is -0.572. The molecule has 1 aliphatic rings. The molecule has 4 N–H and O–H groups in total. The van der Waals surface area contributed by atoms with Crippen LogP contribution < -0.4 is 30.7 Å². The van der Waals surface area contributed by atoms with Crippen molar-refractivity contribution < 1.29 is 19.1 Å². The molecule has 0 spiro atoms. The molecular weight excluding hydrogens is 506 g/mol. The van der Waals surface area contributed by atoms with Gasteiger partial charge in [0.05, 0.1) is 6.20 Å². The molecule has 3 amide bonds. The van der Waals surface area contributed by atoms with Crippen LogP contribution >= 0.6 is 11.3 Å². The summed E-state index contributed by atoms with van der Waals surface area (Å²) in [7, 11) is 0. The van der Waals surface area contributed by atoms with Crippen molar-refractivity contribution in [1.29, 1.82) is 0 Å². The maximum absolute atomic E-state index is 12.6. The Hall–Kier alpha value is -3.74. The molecule has 0 aliphatic carbocycles. The van der Waals surface area contributed by atoms with Gasteiger partial charge < -0.3 is 25.0 Å². The zero-order valence-electron chi connectivity index (χ0n) is 21.5. The molecule has 38 heavy (non-hydrogen) atoms. The summed E-state index contributed by atoms with van der Waals surface area (Å²) in [6.07, 6.45) is 4.69. The molecule has 202 valence electrons. The van der Waals surface area contributed by atoms with Crippen LogP contribution in [0.5, 0.6) is 11.5 Å². The summed E-state index contributed by atoms with van der Waals surface area (Å²) >= 11 is 1.30. The first-order valence-corrected chi connectivity index (χ1v) is 13.5. The molecule has 2 aromatic heterocycles. The Morgan fingerprint density at radius 2 is 1.97 bits per heavy atom. The van der Waals surface area contributed by atoms with E-state index in [4.69, 9.17) is 9.47 Å². The van der Waals surface area contributed by atoms with E-state index in [2.05, 4.69) is 50.0 Å². The van der Waals surface area contributed by atoms with Gasteiger partial charge in [0.15, 0.2) is 11.6 Å². The van der Waals surface area contributed by atoms with E-state index in [-0.39, 0.29) is 11.8 Å². The van der Waals surface area contributed by atoms with Gasteiger partial charge in [-0.05, 0) is 55.9 Å². The summed E-state index contributed by atoms with van der Waals surface area (Å²) in [6, 6.07) is 8.92. The highest BCUT2D eigenvalue weighted by atomic mass is 32.1. The molecule has 0 unspecified atom stereocenters. The van der Waals surface area contributed by atoms with Crippen LogP contribution in [0, 0.1) is 0 Å². The fourth-order valence-corrected chi connectivity index (χ4v) is 4.90. The number of nitrogens with one attached hydrogen (secondary N) is 4.